The molecule has 0 aliphatic heterocycles. The van der Waals surface area contributed by atoms with Crippen LogP contribution in [-0.4, -0.2) is 5.11 Å². The summed E-state index contributed by atoms with van der Waals surface area (Å²) in [6, 6.07) is 0. The highest BCUT2D eigenvalue weighted by molar-refractivity contribution is 5.41. The Hall–Kier alpha value is -0.720. The minimum absolute atomic E-state index is 0.0648. The van der Waals surface area contributed by atoms with Gasteiger partial charge in [-0.15, -0.1) is 0 Å². The first-order valence-corrected chi connectivity index (χ1v) is 9.88. The lowest BCUT2D eigenvalue weighted by molar-refractivity contribution is 0.175. The van der Waals surface area contributed by atoms with E-state index < -0.39 is 0 Å². The van der Waals surface area contributed by atoms with E-state index in [1.807, 2.05) is 0 Å². The van der Waals surface area contributed by atoms with Crippen LogP contribution in [0.2, 0.25) is 0 Å². The summed E-state index contributed by atoms with van der Waals surface area (Å²) in [7, 11) is 0. The predicted molar refractivity (Wildman–Crippen MR) is 103 cm³/mol. The highest BCUT2D eigenvalue weighted by Crippen LogP contribution is 2.56. The second kappa shape index (κ2) is 7.90. The highest BCUT2D eigenvalue weighted by atomic mass is 16.3. The molecule has 0 heterocycles. The molecule has 1 heteroatoms. The molecule has 1 N–H and O–H groups in total. The van der Waals surface area contributed by atoms with E-state index in [0.29, 0.717) is 11.8 Å². The van der Waals surface area contributed by atoms with Crippen molar-refractivity contribution < 1.29 is 5.11 Å². The number of aliphatic hydroxyl groups excluding tert-OH is 1. The smallest absolute Gasteiger partial charge is 0.102 e. The van der Waals surface area contributed by atoms with E-state index in [1.165, 1.54) is 11.1 Å². The number of hydrogen-bond donors (Lipinski definition) is 1. The first-order chi connectivity index (χ1) is 10.7. The van der Waals surface area contributed by atoms with Crippen molar-refractivity contribution in [3.8, 4) is 0 Å². The van der Waals surface area contributed by atoms with Crippen molar-refractivity contribution in [3.05, 3.63) is 23.0 Å². The molecule has 1 aliphatic carbocycles. The summed E-state index contributed by atoms with van der Waals surface area (Å²) in [6.07, 6.45) is 8.85. The average Bonchev–Trinajstić information content (AvgIpc) is 2.51. The molecule has 0 aromatic heterocycles. The molecule has 1 aliphatic rings. The fourth-order valence-corrected chi connectivity index (χ4v) is 4.73. The molecule has 1 atom stereocenters. The Morgan fingerprint density at radius 3 is 1.83 bits per heavy atom. The molecule has 134 valence electrons. The zero-order valence-electron chi connectivity index (χ0n) is 16.9. The van der Waals surface area contributed by atoms with Crippen molar-refractivity contribution in [1.29, 1.82) is 0 Å². The molecule has 0 amide bonds. The topological polar surface area (TPSA) is 20.2 Å². The lowest BCUT2D eigenvalue weighted by atomic mass is 9.58. The summed E-state index contributed by atoms with van der Waals surface area (Å²) in [5, 5.41) is 11.5. The van der Waals surface area contributed by atoms with Crippen molar-refractivity contribution in [2.45, 2.75) is 93.9 Å². The maximum atomic E-state index is 11.5. The molecule has 0 spiro atoms. The van der Waals surface area contributed by atoms with Gasteiger partial charge >= 0.3 is 0 Å². The monoisotopic (exact) mass is 320 g/mol. The molecule has 0 bridgehead atoms. The third-order valence-electron chi connectivity index (χ3n) is 6.02. The van der Waals surface area contributed by atoms with E-state index in [0.717, 1.165) is 44.3 Å². The Balaban J connectivity index is 3.61. The zero-order chi connectivity index (χ0) is 17.8. The van der Waals surface area contributed by atoms with Crippen LogP contribution in [0.5, 0.6) is 0 Å². The van der Waals surface area contributed by atoms with Gasteiger partial charge in [-0.2, -0.15) is 0 Å². The minimum Gasteiger partial charge on any atom is -0.511 e. The normalized spacial score (nSPS) is 24.5. The lowest BCUT2D eigenvalue weighted by Gasteiger charge is -2.47. The molecular formula is C22H40O. The van der Waals surface area contributed by atoms with Gasteiger partial charge in [-0.3, -0.25) is 0 Å². The van der Waals surface area contributed by atoms with Gasteiger partial charge in [0.25, 0.3) is 0 Å². The van der Waals surface area contributed by atoms with Gasteiger partial charge in [-0.25, -0.2) is 0 Å². The molecule has 0 fully saturated rings. The second-order valence-corrected chi connectivity index (χ2v) is 8.35. The molecular weight excluding hydrogens is 280 g/mol. The Morgan fingerprint density at radius 2 is 1.48 bits per heavy atom. The second-order valence-electron chi connectivity index (χ2n) is 8.35. The standard InChI is InChI=1S/C22H40O/c1-9-18-15-21(10-2,11-3)19(13-16(5)6)20(23)22(18,12-4)14-17(7)8/h15-17,23H,9-14H2,1-8H3. The quantitative estimate of drug-likeness (QED) is 0.461. The molecule has 0 aromatic rings. The van der Waals surface area contributed by atoms with Crippen LogP contribution in [0.15, 0.2) is 23.0 Å². The molecule has 1 nitrogen and oxygen atoms in total. The summed E-state index contributed by atoms with van der Waals surface area (Å²) < 4.78 is 0. The summed E-state index contributed by atoms with van der Waals surface area (Å²) in [5.74, 6) is 1.89. The summed E-state index contributed by atoms with van der Waals surface area (Å²) >= 11 is 0. The lowest BCUT2D eigenvalue weighted by Crippen LogP contribution is -2.37. The fraction of sp³-hybridized carbons (Fsp3) is 0.818. The number of rotatable bonds is 8. The first kappa shape index (κ1) is 20.3. The Bertz CT molecular complexity index is 449. The molecule has 0 radical (unpaired) electrons. The largest absolute Gasteiger partial charge is 0.511 e. The molecule has 0 saturated carbocycles. The van der Waals surface area contributed by atoms with Crippen LogP contribution < -0.4 is 0 Å². The fourth-order valence-electron chi connectivity index (χ4n) is 4.73. The van der Waals surface area contributed by atoms with Gasteiger partial charge in [0.2, 0.25) is 0 Å². The summed E-state index contributed by atoms with van der Waals surface area (Å²) in [4.78, 5) is 0. The van der Waals surface area contributed by atoms with Gasteiger partial charge in [0, 0.05) is 10.8 Å². The van der Waals surface area contributed by atoms with Crippen molar-refractivity contribution >= 4 is 0 Å². The van der Waals surface area contributed by atoms with Crippen LogP contribution in [0.3, 0.4) is 0 Å². The van der Waals surface area contributed by atoms with E-state index in [2.05, 4.69) is 61.5 Å². The van der Waals surface area contributed by atoms with Gasteiger partial charge in [0.15, 0.2) is 0 Å². The van der Waals surface area contributed by atoms with E-state index in [4.69, 9.17) is 0 Å². The van der Waals surface area contributed by atoms with Gasteiger partial charge in [0.1, 0.15) is 5.76 Å². The van der Waals surface area contributed by atoms with Gasteiger partial charge in [-0.05, 0) is 55.9 Å². The summed E-state index contributed by atoms with van der Waals surface area (Å²) in [5.41, 5.74) is 2.75. The van der Waals surface area contributed by atoms with Crippen molar-refractivity contribution in [3.63, 3.8) is 0 Å². The SMILES string of the molecule is CCC1=CC(CC)(CC)C(CC(C)C)=C(O)C1(CC)CC(C)C. The van der Waals surface area contributed by atoms with Crippen molar-refractivity contribution in [2.75, 3.05) is 0 Å². The maximum Gasteiger partial charge on any atom is 0.102 e. The molecule has 23 heavy (non-hydrogen) atoms. The van der Waals surface area contributed by atoms with Gasteiger partial charge in [-0.1, -0.05) is 67.0 Å². The Kier molecular flexibility index (Phi) is 6.98. The van der Waals surface area contributed by atoms with E-state index in [-0.39, 0.29) is 10.8 Å². The predicted octanol–water partition coefficient (Wildman–Crippen LogP) is 7.44. The molecule has 1 rings (SSSR count). The van der Waals surface area contributed by atoms with Crippen LogP contribution in [0.1, 0.15) is 93.9 Å². The maximum absolute atomic E-state index is 11.5. The van der Waals surface area contributed by atoms with Crippen molar-refractivity contribution in [1.82, 2.24) is 0 Å². The molecule has 0 aromatic carbocycles. The highest BCUT2D eigenvalue weighted by Gasteiger charge is 2.46. The third-order valence-corrected chi connectivity index (χ3v) is 6.02. The number of hydrogen-bond acceptors (Lipinski definition) is 1. The van der Waals surface area contributed by atoms with Gasteiger partial charge in [0.05, 0.1) is 0 Å². The first-order valence-electron chi connectivity index (χ1n) is 9.88. The molecule has 0 saturated heterocycles. The van der Waals surface area contributed by atoms with Crippen LogP contribution in [0.25, 0.3) is 0 Å². The van der Waals surface area contributed by atoms with E-state index in [9.17, 15) is 5.11 Å². The zero-order valence-corrected chi connectivity index (χ0v) is 16.9. The van der Waals surface area contributed by atoms with E-state index >= 15 is 0 Å². The third kappa shape index (κ3) is 3.69. The van der Waals surface area contributed by atoms with E-state index in [1.54, 1.807) is 0 Å². The number of allylic oxidation sites excluding steroid dienone is 3. The molecule has 1 unspecified atom stereocenters. The van der Waals surface area contributed by atoms with Gasteiger partial charge < -0.3 is 5.11 Å². The van der Waals surface area contributed by atoms with Crippen LogP contribution >= 0.6 is 0 Å². The van der Waals surface area contributed by atoms with Crippen LogP contribution in [0.4, 0.5) is 0 Å². The number of aliphatic hydroxyl groups is 1. The van der Waals surface area contributed by atoms with Crippen LogP contribution in [0, 0.1) is 22.7 Å². The summed E-state index contributed by atoms with van der Waals surface area (Å²) in [6.45, 7) is 18.2. The average molecular weight is 321 g/mol. The van der Waals surface area contributed by atoms with Crippen LogP contribution in [-0.2, 0) is 0 Å². The van der Waals surface area contributed by atoms with Crippen molar-refractivity contribution in [2.24, 2.45) is 22.7 Å². The minimum atomic E-state index is -0.124. The Labute approximate surface area is 145 Å². The Morgan fingerprint density at radius 1 is 0.913 bits per heavy atom.